The molecule has 1 aromatic heterocycles. The monoisotopic (exact) mass is 353 g/mol. The van der Waals surface area contributed by atoms with Gasteiger partial charge in [-0.2, -0.15) is 5.26 Å². The minimum atomic E-state index is 0.105. The number of carbonyl (C=O) groups excluding carboxylic acids is 1. The number of hydrogen-bond donors (Lipinski definition) is 1. The summed E-state index contributed by atoms with van der Waals surface area (Å²) in [4.78, 5) is 12.0. The summed E-state index contributed by atoms with van der Waals surface area (Å²) >= 11 is 0. The van der Waals surface area contributed by atoms with Crippen molar-refractivity contribution in [3.63, 3.8) is 0 Å². The summed E-state index contributed by atoms with van der Waals surface area (Å²) in [7, 11) is 0. The Labute approximate surface area is 157 Å². The Morgan fingerprint density at radius 2 is 1.88 bits per heavy atom. The molecule has 0 bridgehead atoms. The molecule has 4 nitrogen and oxygen atoms in total. The quantitative estimate of drug-likeness (QED) is 0.474. The Morgan fingerprint density at radius 3 is 2.69 bits per heavy atom. The Morgan fingerprint density at radius 1 is 1.08 bits per heavy atom. The highest BCUT2D eigenvalue weighted by Gasteiger charge is 2.06. The highest BCUT2D eigenvalue weighted by molar-refractivity contribution is 5.93. The van der Waals surface area contributed by atoms with Crippen LogP contribution in [0.5, 0.6) is 0 Å². The summed E-state index contributed by atoms with van der Waals surface area (Å²) in [6.45, 7) is 3.14. The molecule has 1 aromatic carbocycles. The summed E-state index contributed by atoms with van der Waals surface area (Å²) < 4.78 is 2.28. The largest absolute Gasteiger partial charge is 0.347 e. The molecule has 0 fully saturated rings. The SMILES string of the molecule is CCCCCC(=O)Nc1ccc2ccn(CCCCCCCC#N)c2c1. The maximum atomic E-state index is 12.0. The molecule has 0 saturated heterocycles. The van der Waals surface area contributed by atoms with Crippen LogP contribution in [0.2, 0.25) is 0 Å². The number of amides is 1. The first-order chi connectivity index (χ1) is 12.7. The van der Waals surface area contributed by atoms with E-state index < -0.39 is 0 Å². The third-order valence-electron chi connectivity index (χ3n) is 4.75. The van der Waals surface area contributed by atoms with Crippen LogP contribution >= 0.6 is 0 Å². The summed E-state index contributed by atoms with van der Waals surface area (Å²) in [5, 5.41) is 12.8. The lowest BCUT2D eigenvalue weighted by Crippen LogP contribution is -2.11. The van der Waals surface area contributed by atoms with Crippen molar-refractivity contribution in [1.82, 2.24) is 4.57 Å². The number of anilines is 1. The van der Waals surface area contributed by atoms with Crippen molar-refractivity contribution in [2.45, 2.75) is 77.7 Å². The van der Waals surface area contributed by atoms with Gasteiger partial charge in [-0.25, -0.2) is 0 Å². The minimum Gasteiger partial charge on any atom is -0.347 e. The van der Waals surface area contributed by atoms with Crippen LogP contribution in [0.4, 0.5) is 5.69 Å². The van der Waals surface area contributed by atoms with Crippen molar-refractivity contribution in [3.05, 3.63) is 30.5 Å². The van der Waals surface area contributed by atoms with Crippen LogP contribution in [0.15, 0.2) is 30.5 Å². The fourth-order valence-corrected chi connectivity index (χ4v) is 3.23. The molecule has 1 N–H and O–H groups in total. The summed E-state index contributed by atoms with van der Waals surface area (Å²) in [5.41, 5.74) is 2.07. The van der Waals surface area contributed by atoms with Crippen LogP contribution in [0, 0.1) is 11.3 Å². The van der Waals surface area contributed by atoms with Crippen molar-refractivity contribution in [2.24, 2.45) is 0 Å². The number of nitrogens with one attached hydrogen (secondary N) is 1. The van der Waals surface area contributed by atoms with Crippen LogP contribution in [0.25, 0.3) is 10.9 Å². The third kappa shape index (κ3) is 6.55. The van der Waals surface area contributed by atoms with Gasteiger partial charge in [-0.15, -0.1) is 0 Å². The summed E-state index contributed by atoms with van der Waals surface area (Å²) in [5.74, 6) is 0.105. The molecule has 2 rings (SSSR count). The fraction of sp³-hybridized carbons (Fsp3) is 0.545. The van der Waals surface area contributed by atoms with Gasteiger partial charge in [0.2, 0.25) is 5.91 Å². The molecule has 0 aliphatic carbocycles. The highest BCUT2D eigenvalue weighted by Crippen LogP contribution is 2.22. The van der Waals surface area contributed by atoms with Gasteiger partial charge >= 0.3 is 0 Å². The molecular weight excluding hydrogens is 322 g/mol. The summed E-state index contributed by atoms with van der Waals surface area (Å²) in [6.07, 6.45) is 12.3. The van der Waals surface area contributed by atoms with E-state index in [1.54, 1.807) is 0 Å². The smallest absolute Gasteiger partial charge is 0.224 e. The van der Waals surface area contributed by atoms with Crippen molar-refractivity contribution in [1.29, 1.82) is 5.26 Å². The van der Waals surface area contributed by atoms with Crippen molar-refractivity contribution >= 4 is 22.5 Å². The molecule has 140 valence electrons. The zero-order valence-corrected chi connectivity index (χ0v) is 16.0. The van der Waals surface area contributed by atoms with Gasteiger partial charge < -0.3 is 9.88 Å². The Hall–Kier alpha value is -2.28. The number of nitriles is 1. The van der Waals surface area contributed by atoms with E-state index >= 15 is 0 Å². The maximum absolute atomic E-state index is 12.0. The zero-order chi connectivity index (χ0) is 18.6. The first-order valence-electron chi connectivity index (χ1n) is 10.0. The number of rotatable bonds is 12. The standard InChI is InChI=1S/C22H31N3O/c1-2-3-8-11-22(26)24-20-13-12-19-14-17-25(21(19)18-20)16-10-7-5-4-6-9-15-23/h12-14,17-18H,2-11,16H2,1H3,(H,24,26). The number of aromatic nitrogens is 1. The highest BCUT2D eigenvalue weighted by atomic mass is 16.1. The van der Waals surface area contributed by atoms with E-state index in [2.05, 4.69) is 47.3 Å². The number of aryl methyl sites for hydroxylation is 1. The van der Waals surface area contributed by atoms with E-state index in [-0.39, 0.29) is 5.91 Å². The second-order valence-electron chi connectivity index (χ2n) is 6.96. The van der Waals surface area contributed by atoms with E-state index in [4.69, 9.17) is 5.26 Å². The lowest BCUT2D eigenvalue weighted by atomic mass is 10.1. The van der Waals surface area contributed by atoms with Crippen LogP contribution in [-0.2, 0) is 11.3 Å². The molecule has 0 saturated carbocycles. The Bertz CT molecular complexity index is 727. The number of benzene rings is 1. The topological polar surface area (TPSA) is 57.8 Å². The Balaban J connectivity index is 1.85. The predicted octanol–water partition coefficient (Wildman–Crippen LogP) is 6.02. The number of nitrogens with zero attached hydrogens (tertiary/aromatic N) is 2. The average molecular weight is 354 g/mol. The molecule has 0 radical (unpaired) electrons. The molecule has 0 aliphatic heterocycles. The number of fused-ring (bicyclic) bond motifs is 1. The molecule has 0 atom stereocenters. The lowest BCUT2D eigenvalue weighted by Gasteiger charge is -2.08. The predicted molar refractivity (Wildman–Crippen MR) is 108 cm³/mol. The van der Waals surface area contributed by atoms with Crippen molar-refractivity contribution < 1.29 is 4.79 Å². The maximum Gasteiger partial charge on any atom is 0.224 e. The van der Waals surface area contributed by atoms with Crippen LogP contribution in [0.3, 0.4) is 0 Å². The molecular formula is C22H31N3O. The van der Waals surface area contributed by atoms with Gasteiger partial charge in [-0.1, -0.05) is 45.1 Å². The van der Waals surface area contributed by atoms with Crippen molar-refractivity contribution in [2.75, 3.05) is 5.32 Å². The van der Waals surface area contributed by atoms with Gasteiger partial charge in [0.1, 0.15) is 0 Å². The van der Waals surface area contributed by atoms with E-state index in [0.717, 1.165) is 50.8 Å². The first-order valence-corrected chi connectivity index (χ1v) is 10.0. The average Bonchev–Trinajstić information content (AvgIpc) is 3.03. The lowest BCUT2D eigenvalue weighted by molar-refractivity contribution is -0.116. The van der Waals surface area contributed by atoms with Gasteiger partial charge in [-0.05, 0) is 42.8 Å². The molecule has 0 aliphatic rings. The van der Waals surface area contributed by atoms with E-state index in [0.29, 0.717) is 12.8 Å². The summed E-state index contributed by atoms with van der Waals surface area (Å²) in [6, 6.07) is 10.5. The van der Waals surface area contributed by atoms with E-state index in [1.165, 1.54) is 23.7 Å². The normalized spacial score (nSPS) is 10.8. The second kappa shape index (κ2) is 11.4. The fourth-order valence-electron chi connectivity index (χ4n) is 3.23. The minimum absolute atomic E-state index is 0.105. The number of carbonyl (C=O) groups is 1. The molecule has 1 amide bonds. The number of unbranched alkanes of at least 4 members (excludes halogenated alkanes) is 7. The molecule has 4 heteroatoms. The molecule has 1 heterocycles. The molecule has 26 heavy (non-hydrogen) atoms. The van der Waals surface area contributed by atoms with Crippen LogP contribution < -0.4 is 5.32 Å². The first kappa shape index (κ1) is 20.0. The van der Waals surface area contributed by atoms with Gasteiger partial charge in [0, 0.05) is 31.3 Å². The van der Waals surface area contributed by atoms with Gasteiger partial charge in [0.15, 0.2) is 0 Å². The number of hydrogen-bond acceptors (Lipinski definition) is 2. The van der Waals surface area contributed by atoms with E-state index in [1.807, 2.05) is 6.07 Å². The van der Waals surface area contributed by atoms with E-state index in [9.17, 15) is 4.79 Å². The Kier molecular flexibility index (Phi) is 8.75. The molecule has 0 unspecified atom stereocenters. The van der Waals surface area contributed by atoms with Gasteiger partial charge in [-0.3, -0.25) is 4.79 Å². The second-order valence-corrected chi connectivity index (χ2v) is 6.96. The van der Waals surface area contributed by atoms with Crippen molar-refractivity contribution in [3.8, 4) is 6.07 Å². The van der Waals surface area contributed by atoms with Crippen LogP contribution in [0.1, 0.15) is 71.1 Å². The zero-order valence-electron chi connectivity index (χ0n) is 16.0. The molecule has 0 spiro atoms. The molecule has 2 aromatic rings. The van der Waals surface area contributed by atoms with Crippen LogP contribution in [-0.4, -0.2) is 10.5 Å². The van der Waals surface area contributed by atoms with Gasteiger partial charge in [0.25, 0.3) is 0 Å². The van der Waals surface area contributed by atoms with Gasteiger partial charge in [0.05, 0.1) is 11.6 Å². The third-order valence-corrected chi connectivity index (χ3v) is 4.75.